The molecule has 19 heavy (non-hydrogen) atoms. The van der Waals surface area contributed by atoms with Gasteiger partial charge in [0.05, 0.1) is 20.6 Å². The van der Waals surface area contributed by atoms with E-state index in [0.29, 0.717) is 28.9 Å². The van der Waals surface area contributed by atoms with Gasteiger partial charge in [0.2, 0.25) is 0 Å². The SMILES string of the molecule is COc1cc(C=O)cc(C(C)(C)CC(=O)O)c1OC. The van der Waals surface area contributed by atoms with Crippen LogP contribution in [0.25, 0.3) is 0 Å². The number of hydrogen-bond donors (Lipinski definition) is 1. The first kappa shape index (κ1) is 15.0. The third kappa shape index (κ3) is 3.24. The predicted octanol–water partition coefficient (Wildman–Crippen LogP) is 2.27. The zero-order chi connectivity index (χ0) is 14.6. The molecule has 0 heterocycles. The highest BCUT2D eigenvalue weighted by Gasteiger charge is 2.29. The van der Waals surface area contributed by atoms with Gasteiger partial charge < -0.3 is 14.6 Å². The van der Waals surface area contributed by atoms with Gasteiger partial charge in [-0.25, -0.2) is 0 Å². The Balaban J connectivity index is 3.46. The van der Waals surface area contributed by atoms with Crippen LogP contribution in [0.4, 0.5) is 0 Å². The summed E-state index contributed by atoms with van der Waals surface area (Å²) in [6.45, 7) is 3.57. The van der Waals surface area contributed by atoms with Crippen LogP contribution in [0.3, 0.4) is 0 Å². The summed E-state index contributed by atoms with van der Waals surface area (Å²) in [4.78, 5) is 21.9. The zero-order valence-corrected chi connectivity index (χ0v) is 11.5. The average molecular weight is 266 g/mol. The lowest BCUT2D eigenvalue weighted by Crippen LogP contribution is -2.23. The lowest BCUT2D eigenvalue weighted by Gasteiger charge is -2.26. The molecule has 0 saturated carbocycles. The Morgan fingerprint density at radius 1 is 1.32 bits per heavy atom. The quantitative estimate of drug-likeness (QED) is 0.799. The third-order valence-corrected chi connectivity index (χ3v) is 2.96. The minimum atomic E-state index is -0.914. The fraction of sp³-hybridized carbons (Fsp3) is 0.429. The average Bonchev–Trinajstić information content (AvgIpc) is 2.35. The number of methoxy groups -OCH3 is 2. The zero-order valence-electron chi connectivity index (χ0n) is 11.5. The van der Waals surface area contributed by atoms with Gasteiger partial charge in [0.25, 0.3) is 0 Å². The maximum atomic E-state index is 11.0. The summed E-state index contributed by atoms with van der Waals surface area (Å²) in [5, 5.41) is 8.99. The number of carboxylic acid groups (broad SMARTS) is 1. The Labute approximate surface area is 112 Å². The molecule has 1 rings (SSSR count). The maximum absolute atomic E-state index is 11.0. The van der Waals surface area contributed by atoms with Crippen molar-refractivity contribution in [2.24, 2.45) is 0 Å². The van der Waals surface area contributed by atoms with Crippen molar-refractivity contribution in [2.75, 3.05) is 14.2 Å². The molecule has 0 amide bonds. The minimum Gasteiger partial charge on any atom is -0.493 e. The fourth-order valence-electron chi connectivity index (χ4n) is 2.03. The largest absolute Gasteiger partial charge is 0.493 e. The van der Waals surface area contributed by atoms with E-state index in [2.05, 4.69) is 0 Å². The van der Waals surface area contributed by atoms with Crippen molar-refractivity contribution in [3.63, 3.8) is 0 Å². The van der Waals surface area contributed by atoms with Crippen molar-refractivity contribution in [2.45, 2.75) is 25.7 Å². The number of carbonyl (C=O) groups excluding carboxylic acids is 1. The number of carboxylic acids is 1. The molecule has 0 bridgehead atoms. The fourth-order valence-corrected chi connectivity index (χ4v) is 2.03. The molecule has 104 valence electrons. The molecule has 1 aromatic rings. The van der Waals surface area contributed by atoms with Gasteiger partial charge >= 0.3 is 5.97 Å². The molecular weight excluding hydrogens is 248 g/mol. The van der Waals surface area contributed by atoms with E-state index in [9.17, 15) is 9.59 Å². The van der Waals surface area contributed by atoms with E-state index >= 15 is 0 Å². The van der Waals surface area contributed by atoms with Gasteiger partial charge in [-0.15, -0.1) is 0 Å². The predicted molar refractivity (Wildman–Crippen MR) is 70.2 cm³/mol. The van der Waals surface area contributed by atoms with Gasteiger partial charge in [-0.05, 0) is 12.1 Å². The molecule has 5 nitrogen and oxygen atoms in total. The van der Waals surface area contributed by atoms with Crippen molar-refractivity contribution in [3.8, 4) is 11.5 Å². The molecule has 0 radical (unpaired) electrons. The molecule has 0 aromatic heterocycles. The first-order chi connectivity index (χ1) is 8.85. The summed E-state index contributed by atoms with van der Waals surface area (Å²) in [7, 11) is 2.96. The molecule has 1 aromatic carbocycles. The van der Waals surface area contributed by atoms with E-state index in [1.165, 1.54) is 14.2 Å². The van der Waals surface area contributed by atoms with E-state index in [-0.39, 0.29) is 6.42 Å². The van der Waals surface area contributed by atoms with Crippen molar-refractivity contribution in [1.82, 2.24) is 0 Å². The standard InChI is InChI=1S/C14H18O5/c1-14(2,7-12(16)17)10-5-9(8-15)6-11(18-3)13(10)19-4/h5-6,8H,7H2,1-4H3,(H,16,17). The normalized spacial score (nSPS) is 10.9. The van der Waals surface area contributed by atoms with Crippen LogP contribution in [0, 0.1) is 0 Å². The first-order valence-corrected chi connectivity index (χ1v) is 5.79. The minimum absolute atomic E-state index is 0.0746. The van der Waals surface area contributed by atoms with Crippen LogP contribution in [0.5, 0.6) is 11.5 Å². The summed E-state index contributed by atoms with van der Waals surface area (Å²) >= 11 is 0. The van der Waals surface area contributed by atoms with Crippen molar-refractivity contribution in [3.05, 3.63) is 23.3 Å². The molecule has 0 aliphatic carbocycles. The Kier molecular flexibility index (Phi) is 4.53. The second-order valence-corrected chi connectivity index (χ2v) is 4.88. The Morgan fingerprint density at radius 3 is 2.37 bits per heavy atom. The highest BCUT2D eigenvalue weighted by molar-refractivity contribution is 5.78. The van der Waals surface area contributed by atoms with E-state index in [1.54, 1.807) is 26.0 Å². The monoisotopic (exact) mass is 266 g/mol. The van der Waals surface area contributed by atoms with Crippen LogP contribution >= 0.6 is 0 Å². The first-order valence-electron chi connectivity index (χ1n) is 5.79. The summed E-state index contributed by atoms with van der Waals surface area (Å²) in [5.41, 5.74) is 0.383. The summed E-state index contributed by atoms with van der Waals surface area (Å²) in [5.74, 6) is -0.0394. The number of benzene rings is 1. The van der Waals surface area contributed by atoms with Gasteiger partial charge in [-0.3, -0.25) is 9.59 Å². The van der Waals surface area contributed by atoms with Crippen LogP contribution in [-0.4, -0.2) is 31.6 Å². The third-order valence-electron chi connectivity index (χ3n) is 2.96. The summed E-state index contributed by atoms with van der Waals surface area (Å²) < 4.78 is 10.5. The summed E-state index contributed by atoms with van der Waals surface area (Å²) in [6.07, 6.45) is 0.622. The molecular formula is C14H18O5. The van der Waals surface area contributed by atoms with Crippen LogP contribution in [0.15, 0.2) is 12.1 Å². The Hall–Kier alpha value is -2.04. The number of ether oxygens (including phenoxy) is 2. The highest BCUT2D eigenvalue weighted by atomic mass is 16.5. The maximum Gasteiger partial charge on any atom is 0.304 e. The molecule has 5 heteroatoms. The molecule has 0 spiro atoms. The van der Waals surface area contributed by atoms with E-state index in [1.807, 2.05) is 0 Å². The van der Waals surface area contributed by atoms with Crippen molar-refractivity contribution < 1.29 is 24.2 Å². The number of rotatable bonds is 6. The second kappa shape index (κ2) is 5.73. The Morgan fingerprint density at radius 2 is 1.95 bits per heavy atom. The Bertz CT molecular complexity index is 491. The van der Waals surface area contributed by atoms with Crippen LogP contribution < -0.4 is 9.47 Å². The van der Waals surface area contributed by atoms with E-state index < -0.39 is 11.4 Å². The van der Waals surface area contributed by atoms with Crippen LogP contribution in [0.2, 0.25) is 0 Å². The van der Waals surface area contributed by atoms with Gasteiger partial charge in [0, 0.05) is 16.5 Å². The number of aliphatic carboxylic acids is 1. The van der Waals surface area contributed by atoms with Crippen LogP contribution in [0.1, 0.15) is 36.2 Å². The van der Waals surface area contributed by atoms with E-state index in [0.717, 1.165) is 0 Å². The molecule has 0 unspecified atom stereocenters. The van der Waals surface area contributed by atoms with Gasteiger partial charge in [0.1, 0.15) is 6.29 Å². The second-order valence-electron chi connectivity index (χ2n) is 4.88. The molecule has 1 N–H and O–H groups in total. The topological polar surface area (TPSA) is 72.8 Å². The summed E-state index contributed by atoms with van der Waals surface area (Å²) in [6, 6.07) is 3.20. The van der Waals surface area contributed by atoms with Crippen LogP contribution in [-0.2, 0) is 10.2 Å². The lowest BCUT2D eigenvalue weighted by atomic mass is 9.80. The number of aldehydes is 1. The van der Waals surface area contributed by atoms with Gasteiger partial charge in [-0.2, -0.15) is 0 Å². The van der Waals surface area contributed by atoms with Gasteiger partial charge in [-0.1, -0.05) is 13.8 Å². The molecule has 0 aliphatic heterocycles. The van der Waals surface area contributed by atoms with Crippen molar-refractivity contribution >= 4 is 12.3 Å². The number of carbonyl (C=O) groups is 2. The number of hydrogen-bond acceptors (Lipinski definition) is 4. The van der Waals surface area contributed by atoms with Crippen molar-refractivity contribution in [1.29, 1.82) is 0 Å². The van der Waals surface area contributed by atoms with Gasteiger partial charge in [0.15, 0.2) is 11.5 Å². The molecule has 0 fully saturated rings. The smallest absolute Gasteiger partial charge is 0.304 e. The molecule has 0 saturated heterocycles. The highest BCUT2D eigenvalue weighted by Crippen LogP contribution is 2.40. The lowest BCUT2D eigenvalue weighted by molar-refractivity contribution is -0.138. The molecule has 0 aliphatic rings. The molecule has 0 atom stereocenters. The van der Waals surface area contributed by atoms with E-state index in [4.69, 9.17) is 14.6 Å².